The molecule has 2 aromatic rings. The number of amides is 1. The predicted octanol–water partition coefficient (Wildman–Crippen LogP) is 4.07. The number of halogens is 1. The zero-order chi connectivity index (χ0) is 15.6. The second-order valence-corrected chi connectivity index (χ2v) is 5.92. The van der Waals surface area contributed by atoms with E-state index < -0.39 is 4.92 Å². The lowest BCUT2D eigenvalue weighted by Crippen LogP contribution is -2.13. The first-order valence-electron chi connectivity index (χ1n) is 6.21. The van der Waals surface area contributed by atoms with Crippen LogP contribution in [0.1, 0.15) is 21.5 Å². The van der Waals surface area contributed by atoms with E-state index in [0.717, 1.165) is 9.13 Å². The summed E-state index contributed by atoms with van der Waals surface area (Å²) in [5.74, 6) is -0.285. The van der Waals surface area contributed by atoms with Gasteiger partial charge >= 0.3 is 0 Å². The molecule has 2 rings (SSSR count). The fourth-order valence-electron chi connectivity index (χ4n) is 1.97. The summed E-state index contributed by atoms with van der Waals surface area (Å²) in [5, 5.41) is 13.7. The number of carbonyl (C=O) groups excluding carboxylic acids is 1. The number of nitrogens with zero attached hydrogens (tertiary/aromatic N) is 1. The Morgan fingerprint density at radius 3 is 2.33 bits per heavy atom. The van der Waals surface area contributed by atoms with Crippen molar-refractivity contribution in [3.05, 3.63) is 66.8 Å². The number of benzene rings is 2. The van der Waals surface area contributed by atoms with E-state index in [0.29, 0.717) is 16.8 Å². The molecule has 1 N–H and O–H groups in total. The standard InChI is InChI=1S/C15H13IN2O3/c1-9-7-10(2)14(18(20)21)8-13(9)17-15(19)11-3-5-12(16)6-4-11/h3-8H,1-2H3,(H,17,19). The average molecular weight is 396 g/mol. The molecule has 1 amide bonds. The fourth-order valence-corrected chi connectivity index (χ4v) is 2.33. The zero-order valence-electron chi connectivity index (χ0n) is 11.5. The molecule has 0 aliphatic carbocycles. The van der Waals surface area contributed by atoms with E-state index in [1.807, 2.05) is 12.1 Å². The number of rotatable bonds is 3. The second kappa shape index (κ2) is 6.21. The summed E-state index contributed by atoms with van der Waals surface area (Å²) in [6.45, 7) is 3.48. The third kappa shape index (κ3) is 3.57. The minimum Gasteiger partial charge on any atom is -0.321 e. The molecule has 2 aromatic carbocycles. The maximum absolute atomic E-state index is 12.2. The topological polar surface area (TPSA) is 72.2 Å². The predicted molar refractivity (Wildman–Crippen MR) is 89.7 cm³/mol. The normalized spacial score (nSPS) is 10.2. The van der Waals surface area contributed by atoms with Crippen molar-refractivity contribution < 1.29 is 9.72 Å². The van der Waals surface area contributed by atoms with Crippen molar-refractivity contribution in [3.8, 4) is 0 Å². The summed E-state index contributed by atoms with van der Waals surface area (Å²) in [6.07, 6.45) is 0. The van der Waals surface area contributed by atoms with Gasteiger partial charge in [-0.05, 0) is 72.3 Å². The van der Waals surface area contributed by atoms with Crippen molar-refractivity contribution in [1.29, 1.82) is 0 Å². The molecule has 0 heterocycles. The average Bonchev–Trinajstić information content (AvgIpc) is 2.42. The van der Waals surface area contributed by atoms with Gasteiger partial charge in [0.1, 0.15) is 0 Å². The molecule has 0 unspecified atom stereocenters. The van der Waals surface area contributed by atoms with Gasteiger partial charge in [-0.25, -0.2) is 0 Å². The molecule has 0 fully saturated rings. The number of aryl methyl sites for hydroxylation is 2. The van der Waals surface area contributed by atoms with Gasteiger partial charge in [-0.3, -0.25) is 14.9 Å². The maximum atomic E-state index is 12.2. The lowest BCUT2D eigenvalue weighted by atomic mass is 10.1. The van der Waals surface area contributed by atoms with Gasteiger partial charge < -0.3 is 5.32 Å². The van der Waals surface area contributed by atoms with E-state index in [9.17, 15) is 14.9 Å². The molecule has 0 spiro atoms. The summed E-state index contributed by atoms with van der Waals surface area (Å²) in [7, 11) is 0. The second-order valence-electron chi connectivity index (χ2n) is 4.67. The first-order chi connectivity index (χ1) is 9.88. The van der Waals surface area contributed by atoms with Crippen molar-refractivity contribution >= 4 is 39.9 Å². The van der Waals surface area contributed by atoms with Gasteiger partial charge in [0.2, 0.25) is 0 Å². The third-order valence-corrected chi connectivity index (χ3v) is 3.81. The first kappa shape index (κ1) is 15.4. The fraction of sp³-hybridized carbons (Fsp3) is 0.133. The monoisotopic (exact) mass is 396 g/mol. The van der Waals surface area contributed by atoms with E-state index in [1.54, 1.807) is 32.0 Å². The van der Waals surface area contributed by atoms with Gasteiger partial charge in [0.15, 0.2) is 0 Å². The molecule has 0 radical (unpaired) electrons. The summed E-state index contributed by atoms with van der Waals surface area (Å²) < 4.78 is 1.03. The molecule has 0 aliphatic rings. The number of carbonyl (C=O) groups is 1. The highest BCUT2D eigenvalue weighted by molar-refractivity contribution is 14.1. The Morgan fingerprint density at radius 1 is 1.14 bits per heavy atom. The lowest BCUT2D eigenvalue weighted by molar-refractivity contribution is -0.385. The number of anilines is 1. The molecule has 5 nitrogen and oxygen atoms in total. The van der Waals surface area contributed by atoms with Crippen LogP contribution in [0, 0.1) is 27.5 Å². The Bertz CT molecular complexity index is 712. The highest BCUT2D eigenvalue weighted by Crippen LogP contribution is 2.26. The van der Waals surface area contributed by atoms with E-state index in [1.165, 1.54) is 6.07 Å². The van der Waals surface area contributed by atoms with Crippen LogP contribution >= 0.6 is 22.6 Å². The van der Waals surface area contributed by atoms with Gasteiger partial charge in [-0.15, -0.1) is 0 Å². The maximum Gasteiger partial charge on any atom is 0.274 e. The molecule has 0 saturated carbocycles. The van der Waals surface area contributed by atoms with Crippen molar-refractivity contribution in [3.63, 3.8) is 0 Å². The summed E-state index contributed by atoms with van der Waals surface area (Å²) in [6, 6.07) is 10.2. The molecular formula is C15H13IN2O3. The Hall–Kier alpha value is -1.96. The summed E-state index contributed by atoms with van der Waals surface area (Å²) in [5.41, 5.74) is 2.33. The van der Waals surface area contributed by atoms with Gasteiger partial charge in [0, 0.05) is 20.8 Å². The van der Waals surface area contributed by atoms with Crippen LogP contribution in [0.2, 0.25) is 0 Å². The van der Waals surface area contributed by atoms with Gasteiger partial charge in [0.05, 0.1) is 10.6 Å². The Balaban J connectivity index is 2.30. The van der Waals surface area contributed by atoms with Crippen LogP contribution in [-0.4, -0.2) is 10.8 Å². The zero-order valence-corrected chi connectivity index (χ0v) is 13.7. The SMILES string of the molecule is Cc1cc(C)c([N+](=O)[O-])cc1NC(=O)c1ccc(I)cc1. The van der Waals surface area contributed by atoms with Crippen molar-refractivity contribution in [2.24, 2.45) is 0 Å². The highest BCUT2D eigenvalue weighted by atomic mass is 127. The van der Waals surface area contributed by atoms with Crippen LogP contribution in [-0.2, 0) is 0 Å². The molecule has 0 saturated heterocycles. The van der Waals surface area contributed by atoms with Crippen molar-refractivity contribution in [1.82, 2.24) is 0 Å². The Labute approximate surface area is 135 Å². The smallest absolute Gasteiger partial charge is 0.274 e. The van der Waals surface area contributed by atoms with Gasteiger partial charge in [-0.2, -0.15) is 0 Å². The van der Waals surface area contributed by atoms with Crippen LogP contribution in [0.3, 0.4) is 0 Å². The number of nitro benzene ring substituents is 1. The Morgan fingerprint density at radius 2 is 1.76 bits per heavy atom. The lowest BCUT2D eigenvalue weighted by Gasteiger charge is -2.10. The highest BCUT2D eigenvalue weighted by Gasteiger charge is 2.15. The summed E-state index contributed by atoms with van der Waals surface area (Å²) >= 11 is 2.16. The molecule has 6 heteroatoms. The van der Waals surface area contributed by atoms with Crippen molar-refractivity contribution in [2.75, 3.05) is 5.32 Å². The molecule has 0 aromatic heterocycles. The minimum atomic E-state index is -0.449. The van der Waals surface area contributed by atoms with Crippen LogP contribution < -0.4 is 5.32 Å². The van der Waals surface area contributed by atoms with Crippen LogP contribution in [0.4, 0.5) is 11.4 Å². The quantitative estimate of drug-likeness (QED) is 0.483. The van der Waals surface area contributed by atoms with E-state index >= 15 is 0 Å². The van der Waals surface area contributed by atoms with Crippen LogP contribution in [0.15, 0.2) is 36.4 Å². The molecule has 0 bridgehead atoms. The van der Waals surface area contributed by atoms with E-state index in [2.05, 4.69) is 27.9 Å². The number of nitrogens with one attached hydrogen (secondary N) is 1. The third-order valence-electron chi connectivity index (χ3n) is 3.09. The Kier molecular flexibility index (Phi) is 4.56. The van der Waals surface area contributed by atoms with Crippen LogP contribution in [0.25, 0.3) is 0 Å². The van der Waals surface area contributed by atoms with Crippen LogP contribution in [0.5, 0.6) is 0 Å². The number of hydrogen-bond donors (Lipinski definition) is 1. The van der Waals surface area contributed by atoms with E-state index in [4.69, 9.17) is 0 Å². The molecule has 108 valence electrons. The van der Waals surface area contributed by atoms with Gasteiger partial charge in [0.25, 0.3) is 11.6 Å². The molecular weight excluding hydrogens is 383 g/mol. The van der Waals surface area contributed by atoms with E-state index in [-0.39, 0.29) is 11.6 Å². The molecule has 21 heavy (non-hydrogen) atoms. The minimum absolute atomic E-state index is 0.00138. The van der Waals surface area contributed by atoms with Gasteiger partial charge in [-0.1, -0.05) is 0 Å². The summed E-state index contributed by atoms with van der Waals surface area (Å²) in [4.78, 5) is 22.7. The van der Waals surface area contributed by atoms with Crippen molar-refractivity contribution in [2.45, 2.75) is 13.8 Å². The first-order valence-corrected chi connectivity index (χ1v) is 7.29. The number of hydrogen-bond acceptors (Lipinski definition) is 3. The largest absolute Gasteiger partial charge is 0.321 e. The molecule has 0 atom stereocenters. The molecule has 0 aliphatic heterocycles. The number of nitro groups is 1.